The van der Waals surface area contributed by atoms with E-state index in [2.05, 4.69) is 12.2 Å². The van der Waals surface area contributed by atoms with Gasteiger partial charge in [0.15, 0.2) is 0 Å². The van der Waals surface area contributed by atoms with E-state index in [9.17, 15) is 13.2 Å². The second-order valence-electron chi connectivity index (χ2n) is 6.69. The van der Waals surface area contributed by atoms with Crippen LogP contribution >= 0.6 is 23.2 Å². The summed E-state index contributed by atoms with van der Waals surface area (Å²) >= 11 is 12.0. The molecule has 0 fully saturated rings. The topological polar surface area (TPSA) is 66.5 Å². The van der Waals surface area contributed by atoms with E-state index < -0.39 is 22.0 Å². The zero-order valence-corrected chi connectivity index (χ0v) is 18.6. The molecule has 0 saturated heterocycles. The molecule has 1 N–H and O–H groups in total. The predicted molar refractivity (Wildman–Crippen MR) is 116 cm³/mol. The molecule has 1 amide bonds. The van der Waals surface area contributed by atoms with Gasteiger partial charge in [0.2, 0.25) is 15.9 Å². The van der Waals surface area contributed by atoms with Crippen LogP contribution in [0, 0.1) is 0 Å². The zero-order chi connectivity index (χ0) is 21.1. The number of hydrogen-bond donors (Lipinski definition) is 1. The second kappa shape index (κ2) is 9.16. The lowest BCUT2D eigenvalue weighted by atomic mass is 10.0. The molecule has 0 spiro atoms. The molecule has 152 valence electrons. The van der Waals surface area contributed by atoms with E-state index in [1.165, 1.54) is 30.7 Å². The van der Waals surface area contributed by atoms with Crippen LogP contribution in [0.3, 0.4) is 0 Å². The first-order valence-electron chi connectivity index (χ1n) is 8.87. The van der Waals surface area contributed by atoms with E-state index in [4.69, 9.17) is 23.2 Å². The van der Waals surface area contributed by atoms with Gasteiger partial charge in [0.25, 0.3) is 0 Å². The van der Waals surface area contributed by atoms with Crippen molar-refractivity contribution in [3.8, 4) is 0 Å². The molecule has 0 aliphatic carbocycles. The van der Waals surface area contributed by atoms with Crippen LogP contribution in [0.2, 0.25) is 10.0 Å². The lowest BCUT2D eigenvalue weighted by molar-refractivity contribution is -0.122. The minimum Gasteiger partial charge on any atom is -0.348 e. The first-order valence-corrected chi connectivity index (χ1v) is 11.5. The number of amides is 1. The number of rotatable bonds is 7. The maximum atomic E-state index is 12.8. The lowest BCUT2D eigenvalue weighted by Gasteiger charge is -2.29. The maximum absolute atomic E-state index is 12.8. The average Bonchev–Trinajstić information content (AvgIpc) is 2.59. The van der Waals surface area contributed by atoms with Gasteiger partial charge in [-0.05, 0) is 49.6 Å². The fourth-order valence-corrected chi connectivity index (χ4v) is 4.61. The molecular formula is C20H24Cl2N2O3S. The van der Waals surface area contributed by atoms with Gasteiger partial charge in [0.1, 0.15) is 6.04 Å². The monoisotopic (exact) mass is 442 g/mol. The molecule has 2 rings (SSSR count). The van der Waals surface area contributed by atoms with Crippen LogP contribution in [0.1, 0.15) is 37.9 Å². The quantitative estimate of drug-likeness (QED) is 0.681. The third kappa shape index (κ3) is 5.63. The molecule has 2 aromatic carbocycles. The van der Waals surface area contributed by atoms with Crippen LogP contribution in [0.15, 0.2) is 42.5 Å². The fourth-order valence-electron chi connectivity index (χ4n) is 2.93. The van der Waals surface area contributed by atoms with Crippen LogP contribution in [0.5, 0.6) is 0 Å². The van der Waals surface area contributed by atoms with E-state index in [0.29, 0.717) is 0 Å². The van der Waals surface area contributed by atoms with Gasteiger partial charge in [0, 0.05) is 10.0 Å². The van der Waals surface area contributed by atoms with Crippen molar-refractivity contribution >= 4 is 44.8 Å². The Labute approximate surface area is 176 Å². The van der Waals surface area contributed by atoms with Crippen LogP contribution < -0.4 is 9.62 Å². The highest BCUT2D eigenvalue weighted by molar-refractivity contribution is 7.92. The normalized spacial score (nSPS) is 13.6. The second-order valence-corrected chi connectivity index (χ2v) is 9.42. The molecule has 0 unspecified atom stereocenters. The minimum atomic E-state index is -3.75. The molecule has 0 aliphatic heterocycles. The first kappa shape index (κ1) is 22.5. The number of benzene rings is 2. The average molecular weight is 443 g/mol. The summed E-state index contributed by atoms with van der Waals surface area (Å²) in [5.41, 5.74) is 2.38. The molecule has 0 aromatic heterocycles. The van der Waals surface area contributed by atoms with Crippen molar-refractivity contribution in [3.63, 3.8) is 0 Å². The zero-order valence-electron chi connectivity index (χ0n) is 16.2. The molecule has 0 heterocycles. The molecule has 0 radical (unpaired) electrons. The van der Waals surface area contributed by atoms with Gasteiger partial charge in [-0.2, -0.15) is 0 Å². The van der Waals surface area contributed by atoms with Gasteiger partial charge in [-0.25, -0.2) is 8.42 Å². The Morgan fingerprint density at radius 2 is 1.61 bits per heavy atom. The molecule has 0 saturated carbocycles. The number of halogens is 2. The third-order valence-electron chi connectivity index (χ3n) is 4.44. The molecule has 28 heavy (non-hydrogen) atoms. The van der Waals surface area contributed by atoms with Crippen LogP contribution in [-0.2, 0) is 21.2 Å². The van der Waals surface area contributed by atoms with Gasteiger partial charge in [-0.1, -0.05) is 54.4 Å². The first-order chi connectivity index (χ1) is 13.0. The van der Waals surface area contributed by atoms with Crippen LogP contribution in [-0.4, -0.2) is 26.6 Å². The van der Waals surface area contributed by atoms with Crippen molar-refractivity contribution in [2.45, 2.75) is 39.3 Å². The van der Waals surface area contributed by atoms with Crippen molar-refractivity contribution in [3.05, 3.63) is 63.6 Å². The Kier molecular flexibility index (Phi) is 7.37. The Hall–Kier alpha value is -1.76. The van der Waals surface area contributed by atoms with E-state index in [0.717, 1.165) is 22.5 Å². The summed E-state index contributed by atoms with van der Waals surface area (Å²) in [4.78, 5) is 12.8. The summed E-state index contributed by atoms with van der Waals surface area (Å²) in [5, 5.41) is 3.44. The Morgan fingerprint density at radius 1 is 1.07 bits per heavy atom. The summed E-state index contributed by atoms with van der Waals surface area (Å²) in [6, 6.07) is 11.1. The molecule has 2 atom stereocenters. The summed E-state index contributed by atoms with van der Waals surface area (Å²) < 4.78 is 25.8. The standard InChI is InChI=1S/C20H24Cl2N2O3S/c1-5-15-6-8-16(9-7-15)13(2)23-20(25)14(3)24(28(4,26)27)19-11-17(21)10-18(22)12-19/h6-14H,5H2,1-4H3,(H,23,25)/t13-,14+/m1/s1. The minimum absolute atomic E-state index is 0.239. The Balaban J connectivity index is 2.25. The third-order valence-corrected chi connectivity index (χ3v) is 6.12. The number of aryl methyl sites for hydroxylation is 1. The predicted octanol–water partition coefficient (Wildman–Crippen LogP) is 4.59. The number of hydrogen-bond acceptors (Lipinski definition) is 3. The van der Waals surface area contributed by atoms with Gasteiger partial charge in [-0.15, -0.1) is 0 Å². The SMILES string of the molecule is CCc1ccc([C@@H](C)NC(=O)[C@H](C)N(c2cc(Cl)cc(Cl)c2)S(C)(=O)=O)cc1. The number of anilines is 1. The van der Waals surface area contributed by atoms with Crippen molar-refractivity contribution in [2.24, 2.45) is 0 Å². The lowest BCUT2D eigenvalue weighted by Crippen LogP contribution is -2.48. The summed E-state index contributed by atoms with van der Waals surface area (Å²) in [6.07, 6.45) is 1.97. The molecule has 2 aromatic rings. The molecule has 0 aliphatic rings. The Bertz CT molecular complexity index is 926. The number of nitrogens with zero attached hydrogens (tertiary/aromatic N) is 1. The fraction of sp³-hybridized carbons (Fsp3) is 0.350. The maximum Gasteiger partial charge on any atom is 0.244 e. The van der Waals surface area contributed by atoms with Crippen LogP contribution in [0.25, 0.3) is 0 Å². The smallest absolute Gasteiger partial charge is 0.244 e. The van der Waals surface area contributed by atoms with Crippen molar-refractivity contribution in [1.82, 2.24) is 5.32 Å². The van der Waals surface area contributed by atoms with E-state index in [1.54, 1.807) is 0 Å². The van der Waals surface area contributed by atoms with Gasteiger partial charge in [-0.3, -0.25) is 9.10 Å². The molecular weight excluding hydrogens is 419 g/mol. The molecule has 0 bridgehead atoms. The summed E-state index contributed by atoms with van der Waals surface area (Å²) in [6.45, 7) is 5.45. The molecule has 8 heteroatoms. The highest BCUT2D eigenvalue weighted by atomic mass is 35.5. The van der Waals surface area contributed by atoms with Crippen LogP contribution in [0.4, 0.5) is 5.69 Å². The summed E-state index contributed by atoms with van der Waals surface area (Å²) in [5.74, 6) is -0.423. The highest BCUT2D eigenvalue weighted by Gasteiger charge is 2.30. The van der Waals surface area contributed by atoms with Gasteiger partial charge in [0.05, 0.1) is 18.0 Å². The van der Waals surface area contributed by atoms with Gasteiger partial charge < -0.3 is 5.32 Å². The Morgan fingerprint density at radius 3 is 2.07 bits per heavy atom. The van der Waals surface area contributed by atoms with Crippen molar-refractivity contribution in [2.75, 3.05) is 10.6 Å². The highest BCUT2D eigenvalue weighted by Crippen LogP contribution is 2.29. The van der Waals surface area contributed by atoms with Crippen molar-refractivity contribution in [1.29, 1.82) is 0 Å². The number of carbonyl (C=O) groups excluding carboxylic acids is 1. The van der Waals surface area contributed by atoms with E-state index in [-0.39, 0.29) is 21.8 Å². The van der Waals surface area contributed by atoms with Gasteiger partial charge >= 0.3 is 0 Å². The largest absolute Gasteiger partial charge is 0.348 e. The number of sulfonamides is 1. The summed E-state index contributed by atoms with van der Waals surface area (Å²) in [7, 11) is -3.75. The number of carbonyl (C=O) groups is 1. The number of nitrogens with one attached hydrogen (secondary N) is 1. The van der Waals surface area contributed by atoms with Crippen molar-refractivity contribution < 1.29 is 13.2 Å². The van der Waals surface area contributed by atoms with E-state index >= 15 is 0 Å². The molecule has 5 nitrogen and oxygen atoms in total. The van der Waals surface area contributed by atoms with E-state index in [1.807, 2.05) is 31.2 Å².